The van der Waals surface area contributed by atoms with Crippen LogP contribution < -0.4 is 4.73 Å². The van der Waals surface area contributed by atoms with E-state index < -0.39 is 6.29 Å². The molecular formula is C4H7N2O3+. The van der Waals surface area contributed by atoms with Crippen molar-refractivity contribution in [3.63, 3.8) is 0 Å². The van der Waals surface area contributed by atoms with Gasteiger partial charge in [0.2, 0.25) is 0 Å². The first kappa shape index (κ1) is 6.06. The summed E-state index contributed by atoms with van der Waals surface area (Å²) in [6.45, 7) is 0. The largest absolute Gasteiger partial charge is 0.358 e. The van der Waals surface area contributed by atoms with E-state index in [2.05, 4.69) is 4.98 Å². The molecule has 50 valence electrons. The normalized spacial score (nSPS) is 10.6. The van der Waals surface area contributed by atoms with E-state index in [0.717, 1.165) is 0 Å². The Morgan fingerprint density at radius 1 is 1.56 bits per heavy atom. The number of hydrogen-bond donors (Lipinski definition) is 4. The van der Waals surface area contributed by atoms with Crippen LogP contribution in [0.15, 0.2) is 12.4 Å². The molecule has 0 saturated carbocycles. The van der Waals surface area contributed by atoms with Crippen LogP contribution in [0.1, 0.15) is 12.1 Å². The Morgan fingerprint density at radius 3 is 2.44 bits per heavy atom. The van der Waals surface area contributed by atoms with E-state index in [1.807, 2.05) is 0 Å². The van der Waals surface area contributed by atoms with Gasteiger partial charge in [-0.1, -0.05) is 0 Å². The van der Waals surface area contributed by atoms with Gasteiger partial charge in [-0.25, -0.2) is 4.98 Å². The van der Waals surface area contributed by atoms with Crippen LogP contribution in [0.4, 0.5) is 0 Å². The third kappa shape index (κ3) is 1.01. The van der Waals surface area contributed by atoms with Gasteiger partial charge >= 0.3 is 5.82 Å². The number of rotatable bonds is 1. The van der Waals surface area contributed by atoms with Crippen molar-refractivity contribution >= 4 is 0 Å². The van der Waals surface area contributed by atoms with Crippen LogP contribution >= 0.6 is 0 Å². The van der Waals surface area contributed by atoms with E-state index in [1.165, 1.54) is 12.4 Å². The van der Waals surface area contributed by atoms with Crippen LogP contribution in [0.25, 0.3) is 0 Å². The monoisotopic (exact) mass is 131 g/mol. The summed E-state index contributed by atoms with van der Waals surface area (Å²) in [6, 6.07) is 0. The van der Waals surface area contributed by atoms with Crippen molar-refractivity contribution in [3.05, 3.63) is 18.2 Å². The maximum Gasteiger partial charge on any atom is 0.350 e. The average molecular weight is 131 g/mol. The molecule has 0 aromatic carbocycles. The fourth-order valence-electron chi connectivity index (χ4n) is 0.533. The van der Waals surface area contributed by atoms with Crippen LogP contribution in [0.3, 0.4) is 0 Å². The van der Waals surface area contributed by atoms with Crippen molar-refractivity contribution in [2.45, 2.75) is 6.29 Å². The molecule has 1 aromatic rings. The molecule has 0 unspecified atom stereocenters. The minimum atomic E-state index is -1.66. The van der Waals surface area contributed by atoms with Crippen LogP contribution in [0.2, 0.25) is 0 Å². The Hall–Kier alpha value is -1.07. The predicted octanol–water partition coefficient (Wildman–Crippen LogP) is -1.48. The van der Waals surface area contributed by atoms with Gasteiger partial charge < -0.3 is 15.4 Å². The fourth-order valence-corrected chi connectivity index (χ4v) is 0.533. The molecule has 5 nitrogen and oxygen atoms in total. The highest BCUT2D eigenvalue weighted by atomic mass is 16.5. The number of nitrogens with one attached hydrogen (secondary N) is 1. The summed E-state index contributed by atoms with van der Waals surface area (Å²) >= 11 is 0. The zero-order chi connectivity index (χ0) is 6.85. The van der Waals surface area contributed by atoms with E-state index in [0.29, 0.717) is 4.73 Å². The van der Waals surface area contributed by atoms with Crippen molar-refractivity contribution in [3.8, 4) is 0 Å². The molecule has 0 amide bonds. The number of aliphatic hydroxyl groups is 2. The number of aromatic nitrogens is 2. The van der Waals surface area contributed by atoms with Crippen molar-refractivity contribution in [1.29, 1.82) is 0 Å². The topological polar surface area (TPSA) is 80.4 Å². The lowest BCUT2D eigenvalue weighted by atomic mass is 10.6. The molecule has 4 N–H and O–H groups in total. The smallest absolute Gasteiger partial charge is 0.350 e. The maximum absolute atomic E-state index is 8.69. The van der Waals surface area contributed by atoms with Gasteiger partial charge in [0.05, 0.1) is 0 Å². The summed E-state index contributed by atoms with van der Waals surface area (Å²) in [6.07, 6.45) is 0.980. The molecule has 0 bridgehead atoms. The summed E-state index contributed by atoms with van der Waals surface area (Å²) in [4.78, 5) is 2.42. The van der Waals surface area contributed by atoms with E-state index in [-0.39, 0.29) is 5.82 Å². The lowest BCUT2D eigenvalue weighted by Crippen LogP contribution is -2.33. The molecule has 0 spiro atoms. The van der Waals surface area contributed by atoms with Gasteiger partial charge in [-0.05, 0) is 4.73 Å². The summed E-state index contributed by atoms with van der Waals surface area (Å²) in [5.74, 6) is -0.0602. The third-order valence-corrected chi connectivity index (χ3v) is 0.938. The number of nitrogens with zero attached hydrogens (tertiary/aromatic N) is 1. The van der Waals surface area contributed by atoms with Crippen LogP contribution in [0, 0.1) is 0 Å². The molecule has 0 aliphatic heterocycles. The van der Waals surface area contributed by atoms with E-state index in [4.69, 9.17) is 15.4 Å². The molecule has 9 heavy (non-hydrogen) atoms. The van der Waals surface area contributed by atoms with Crippen molar-refractivity contribution in [2.24, 2.45) is 0 Å². The molecule has 0 saturated heterocycles. The SMILES string of the molecule is OC(O)c1[nH]cc[n+]1O. The zero-order valence-corrected chi connectivity index (χ0v) is 4.52. The summed E-state index contributed by atoms with van der Waals surface area (Å²) < 4.78 is 0.602. The maximum atomic E-state index is 8.69. The Balaban J connectivity index is 2.94. The number of aromatic amines is 1. The highest BCUT2D eigenvalue weighted by molar-refractivity contribution is 4.75. The van der Waals surface area contributed by atoms with Crippen LogP contribution in [-0.2, 0) is 0 Å². The van der Waals surface area contributed by atoms with E-state index in [1.54, 1.807) is 0 Å². The molecular weight excluding hydrogens is 124 g/mol. The minimum Gasteiger partial charge on any atom is -0.358 e. The number of aliphatic hydroxyl groups excluding tert-OH is 1. The second-order valence-corrected chi connectivity index (χ2v) is 1.56. The first-order valence-corrected chi connectivity index (χ1v) is 2.36. The molecule has 0 aliphatic rings. The fraction of sp³-hybridized carbons (Fsp3) is 0.250. The quantitative estimate of drug-likeness (QED) is 0.213. The van der Waals surface area contributed by atoms with E-state index >= 15 is 0 Å². The Labute approximate surface area is 50.8 Å². The second kappa shape index (κ2) is 2.04. The lowest BCUT2D eigenvalue weighted by Gasteiger charge is -1.91. The average Bonchev–Trinajstić information content (AvgIpc) is 2.13. The Kier molecular flexibility index (Phi) is 1.37. The van der Waals surface area contributed by atoms with Crippen LogP contribution in [0.5, 0.6) is 0 Å². The zero-order valence-electron chi connectivity index (χ0n) is 4.52. The van der Waals surface area contributed by atoms with E-state index in [9.17, 15) is 0 Å². The second-order valence-electron chi connectivity index (χ2n) is 1.56. The summed E-state index contributed by atoms with van der Waals surface area (Å²) in [7, 11) is 0. The van der Waals surface area contributed by atoms with Gasteiger partial charge in [-0.3, -0.25) is 0 Å². The lowest BCUT2D eigenvalue weighted by molar-refractivity contribution is -0.912. The van der Waals surface area contributed by atoms with Gasteiger partial charge in [0.15, 0.2) is 6.20 Å². The van der Waals surface area contributed by atoms with Crippen molar-refractivity contribution in [1.82, 2.24) is 4.98 Å². The first-order chi connectivity index (χ1) is 4.22. The first-order valence-electron chi connectivity index (χ1n) is 2.36. The molecule has 0 fully saturated rings. The molecule has 5 heteroatoms. The molecule has 1 heterocycles. The highest BCUT2D eigenvalue weighted by Crippen LogP contribution is 1.96. The Bertz CT molecular complexity index is 195. The van der Waals surface area contributed by atoms with Gasteiger partial charge in [0.1, 0.15) is 6.20 Å². The van der Waals surface area contributed by atoms with Gasteiger partial charge in [-0.2, -0.15) is 0 Å². The number of hydrogen-bond acceptors (Lipinski definition) is 3. The molecule has 0 atom stereocenters. The number of imidazole rings is 1. The van der Waals surface area contributed by atoms with Gasteiger partial charge in [0.25, 0.3) is 6.29 Å². The summed E-state index contributed by atoms with van der Waals surface area (Å²) in [5.41, 5.74) is 0. The van der Waals surface area contributed by atoms with Gasteiger partial charge in [0, 0.05) is 0 Å². The van der Waals surface area contributed by atoms with Gasteiger partial charge in [-0.15, -0.1) is 0 Å². The van der Waals surface area contributed by atoms with Crippen molar-refractivity contribution in [2.75, 3.05) is 0 Å². The standard InChI is InChI=1S/C4H6N2O3/c7-4(8)3-5-1-2-6(3)9/h1-2,4,7-9H/p+1. The highest BCUT2D eigenvalue weighted by Gasteiger charge is 2.16. The molecule has 0 aliphatic carbocycles. The predicted molar refractivity (Wildman–Crippen MR) is 25.4 cm³/mol. The third-order valence-electron chi connectivity index (χ3n) is 0.938. The molecule has 1 rings (SSSR count). The summed E-state index contributed by atoms with van der Waals surface area (Å²) in [5, 5.41) is 25.6. The minimum absolute atomic E-state index is 0.0602. The Morgan fingerprint density at radius 2 is 2.22 bits per heavy atom. The van der Waals surface area contributed by atoms with Crippen molar-refractivity contribution < 1.29 is 20.2 Å². The van der Waals surface area contributed by atoms with Crippen LogP contribution in [-0.4, -0.2) is 20.4 Å². The molecule has 1 aromatic heterocycles. The number of H-pyrrole nitrogens is 1. The molecule has 0 radical (unpaired) electrons.